The summed E-state index contributed by atoms with van der Waals surface area (Å²) in [4.78, 5) is 13.3. The Kier molecular flexibility index (Phi) is 4.04. The Morgan fingerprint density at radius 3 is 2.78 bits per heavy atom. The smallest absolute Gasteiger partial charge is 0.292 e. The zero-order chi connectivity index (χ0) is 16.6. The van der Waals surface area contributed by atoms with Crippen LogP contribution in [0.3, 0.4) is 0 Å². The first kappa shape index (κ1) is 15.5. The molecule has 1 saturated heterocycles. The van der Waals surface area contributed by atoms with Gasteiger partial charge in [0.25, 0.3) is 5.69 Å². The lowest BCUT2D eigenvalue weighted by molar-refractivity contribution is -0.383. The molecule has 2 aromatic rings. The highest BCUT2D eigenvalue weighted by Crippen LogP contribution is 2.34. The van der Waals surface area contributed by atoms with E-state index in [9.17, 15) is 10.1 Å². The van der Waals surface area contributed by atoms with Gasteiger partial charge < -0.3 is 14.7 Å². The number of nitro groups is 1. The van der Waals surface area contributed by atoms with Gasteiger partial charge in [0.15, 0.2) is 0 Å². The molecule has 1 aliphatic heterocycles. The van der Waals surface area contributed by atoms with Gasteiger partial charge in [0.2, 0.25) is 0 Å². The molecule has 0 aliphatic carbocycles. The summed E-state index contributed by atoms with van der Waals surface area (Å²) < 4.78 is 5.16. The minimum absolute atomic E-state index is 0.0806. The van der Waals surface area contributed by atoms with Crippen molar-refractivity contribution in [1.29, 1.82) is 0 Å². The second-order valence-corrected chi connectivity index (χ2v) is 6.08. The van der Waals surface area contributed by atoms with Crippen LogP contribution in [-0.2, 0) is 0 Å². The van der Waals surface area contributed by atoms with E-state index in [4.69, 9.17) is 4.52 Å². The van der Waals surface area contributed by atoms with Gasteiger partial charge in [-0.25, -0.2) is 0 Å². The third-order valence-corrected chi connectivity index (χ3v) is 4.27. The number of likely N-dealkylation sites (N-methyl/N-ethyl adjacent to an activating group) is 1. The standard InChI is InChI=1S/C16H20N4O3/c1-10-16(11(2)23-18-10)12-4-5-14(15(8-12)20(21)22)17-13-6-7-19(3)9-13/h4-5,8,13,17H,6-7,9H2,1-3H3. The molecule has 2 heterocycles. The number of aryl methyl sites for hydroxylation is 2. The highest BCUT2D eigenvalue weighted by Gasteiger charge is 2.24. The number of anilines is 1. The van der Waals surface area contributed by atoms with Crippen molar-refractivity contribution >= 4 is 11.4 Å². The normalized spacial score (nSPS) is 18.3. The van der Waals surface area contributed by atoms with E-state index in [0.29, 0.717) is 11.4 Å². The first-order valence-electron chi connectivity index (χ1n) is 7.62. The van der Waals surface area contributed by atoms with Gasteiger partial charge in [0, 0.05) is 24.2 Å². The van der Waals surface area contributed by atoms with Crippen molar-refractivity contribution in [3.8, 4) is 11.1 Å². The molecule has 1 atom stereocenters. The molecule has 1 aromatic heterocycles. The molecule has 0 amide bonds. The molecule has 1 fully saturated rings. The molecule has 1 N–H and O–H groups in total. The monoisotopic (exact) mass is 316 g/mol. The summed E-state index contributed by atoms with van der Waals surface area (Å²) in [5, 5.41) is 18.7. The highest BCUT2D eigenvalue weighted by atomic mass is 16.6. The van der Waals surface area contributed by atoms with Crippen molar-refractivity contribution < 1.29 is 9.45 Å². The van der Waals surface area contributed by atoms with Crippen LogP contribution in [0.1, 0.15) is 17.9 Å². The lowest BCUT2D eigenvalue weighted by Crippen LogP contribution is -2.23. The van der Waals surface area contributed by atoms with Crippen LogP contribution in [0.15, 0.2) is 22.7 Å². The number of rotatable bonds is 4. The summed E-state index contributed by atoms with van der Waals surface area (Å²) >= 11 is 0. The van der Waals surface area contributed by atoms with Gasteiger partial charge >= 0.3 is 0 Å². The van der Waals surface area contributed by atoms with Crippen molar-refractivity contribution in [2.45, 2.75) is 26.3 Å². The zero-order valence-corrected chi connectivity index (χ0v) is 13.5. The molecular formula is C16H20N4O3. The van der Waals surface area contributed by atoms with Crippen molar-refractivity contribution in [1.82, 2.24) is 10.1 Å². The lowest BCUT2D eigenvalue weighted by atomic mass is 10.0. The van der Waals surface area contributed by atoms with Crippen LogP contribution in [-0.4, -0.2) is 41.2 Å². The minimum Gasteiger partial charge on any atom is -0.375 e. The summed E-state index contributed by atoms with van der Waals surface area (Å²) in [6, 6.07) is 5.48. The average Bonchev–Trinajstić information content (AvgIpc) is 3.05. The first-order valence-corrected chi connectivity index (χ1v) is 7.62. The maximum absolute atomic E-state index is 11.5. The van der Waals surface area contributed by atoms with Crippen LogP contribution in [0.5, 0.6) is 0 Å². The van der Waals surface area contributed by atoms with Gasteiger partial charge in [0.05, 0.1) is 10.6 Å². The fourth-order valence-electron chi connectivity index (χ4n) is 3.13. The molecule has 7 heteroatoms. The molecular weight excluding hydrogens is 296 g/mol. The highest BCUT2D eigenvalue weighted by molar-refractivity contribution is 5.75. The van der Waals surface area contributed by atoms with Crippen LogP contribution in [0.25, 0.3) is 11.1 Å². The summed E-state index contributed by atoms with van der Waals surface area (Å²) in [6.45, 7) is 5.53. The fourth-order valence-corrected chi connectivity index (χ4v) is 3.13. The number of nitrogens with zero attached hydrogens (tertiary/aromatic N) is 3. The summed E-state index contributed by atoms with van der Waals surface area (Å²) in [5.41, 5.74) is 2.94. The Hall–Kier alpha value is -2.41. The van der Waals surface area contributed by atoms with Crippen molar-refractivity contribution in [2.24, 2.45) is 0 Å². The van der Waals surface area contributed by atoms with Crippen LogP contribution in [0, 0.1) is 24.0 Å². The van der Waals surface area contributed by atoms with E-state index < -0.39 is 0 Å². The van der Waals surface area contributed by atoms with Crippen LogP contribution in [0.4, 0.5) is 11.4 Å². The van der Waals surface area contributed by atoms with Gasteiger partial charge in [-0.1, -0.05) is 11.2 Å². The topological polar surface area (TPSA) is 84.4 Å². The molecule has 0 radical (unpaired) electrons. The second kappa shape index (κ2) is 6.00. The molecule has 1 aromatic carbocycles. The third-order valence-electron chi connectivity index (χ3n) is 4.27. The maximum Gasteiger partial charge on any atom is 0.292 e. The Morgan fingerprint density at radius 1 is 1.43 bits per heavy atom. The van der Waals surface area contributed by atoms with Gasteiger partial charge in [-0.3, -0.25) is 10.1 Å². The molecule has 0 bridgehead atoms. The van der Waals surface area contributed by atoms with Crippen LogP contribution in [0.2, 0.25) is 0 Å². The number of hydrogen-bond donors (Lipinski definition) is 1. The summed E-state index contributed by atoms with van der Waals surface area (Å²) in [7, 11) is 2.05. The van der Waals surface area contributed by atoms with E-state index in [0.717, 1.165) is 36.3 Å². The van der Waals surface area contributed by atoms with E-state index in [-0.39, 0.29) is 16.7 Å². The van der Waals surface area contributed by atoms with Gasteiger partial charge in [-0.05, 0) is 45.5 Å². The molecule has 1 aliphatic rings. The number of likely N-dealkylation sites (tertiary alicyclic amines) is 1. The summed E-state index contributed by atoms with van der Waals surface area (Å²) in [6.07, 6.45) is 0.985. The van der Waals surface area contributed by atoms with Crippen molar-refractivity contribution in [3.05, 3.63) is 39.8 Å². The van der Waals surface area contributed by atoms with E-state index in [1.54, 1.807) is 12.1 Å². The van der Waals surface area contributed by atoms with E-state index in [1.807, 2.05) is 19.9 Å². The largest absolute Gasteiger partial charge is 0.375 e. The number of benzene rings is 1. The number of nitrogens with one attached hydrogen (secondary N) is 1. The lowest BCUT2D eigenvalue weighted by Gasteiger charge is -2.15. The number of nitro benzene ring substituents is 1. The Morgan fingerprint density at radius 2 is 2.22 bits per heavy atom. The average molecular weight is 316 g/mol. The maximum atomic E-state index is 11.5. The molecule has 122 valence electrons. The van der Waals surface area contributed by atoms with Crippen molar-refractivity contribution in [3.63, 3.8) is 0 Å². The Labute approximate surface area is 134 Å². The van der Waals surface area contributed by atoms with E-state index in [1.165, 1.54) is 0 Å². The molecule has 7 nitrogen and oxygen atoms in total. The quantitative estimate of drug-likeness (QED) is 0.689. The number of hydrogen-bond acceptors (Lipinski definition) is 6. The van der Waals surface area contributed by atoms with Gasteiger partial charge in [-0.2, -0.15) is 0 Å². The van der Waals surface area contributed by atoms with Crippen LogP contribution >= 0.6 is 0 Å². The number of aromatic nitrogens is 1. The van der Waals surface area contributed by atoms with E-state index >= 15 is 0 Å². The first-order chi connectivity index (χ1) is 11.0. The molecule has 0 spiro atoms. The van der Waals surface area contributed by atoms with E-state index in [2.05, 4.69) is 22.4 Å². The Balaban J connectivity index is 1.94. The Bertz CT molecular complexity index is 721. The molecule has 3 rings (SSSR count). The second-order valence-electron chi connectivity index (χ2n) is 6.08. The minimum atomic E-state index is -0.345. The SMILES string of the molecule is Cc1noc(C)c1-c1ccc(NC2CCN(C)C2)c([N+](=O)[O-])c1. The molecule has 0 saturated carbocycles. The zero-order valence-electron chi connectivity index (χ0n) is 13.5. The molecule has 1 unspecified atom stereocenters. The van der Waals surface area contributed by atoms with Crippen LogP contribution < -0.4 is 5.32 Å². The predicted octanol–water partition coefficient (Wildman–Crippen LogP) is 2.98. The third kappa shape index (κ3) is 3.05. The fraction of sp³-hybridized carbons (Fsp3) is 0.438. The predicted molar refractivity (Wildman–Crippen MR) is 87.6 cm³/mol. The van der Waals surface area contributed by atoms with Gasteiger partial charge in [0.1, 0.15) is 11.4 Å². The molecule has 23 heavy (non-hydrogen) atoms. The van der Waals surface area contributed by atoms with Crippen molar-refractivity contribution in [2.75, 3.05) is 25.5 Å². The summed E-state index contributed by atoms with van der Waals surface area (Å²) in [5.74, 6) is 0.662. The van der Waals surface area contributed by atoms with Gasteiger partial charge in [-0.15, -0.1) is 0 Å².